The van der Waals surface area contributed by atoms with E-state index in [4.69, 9.17) is 9.47 Å². The predicted octanol–water partition coefficient (Wildman–Crippen LogP) is 9.13. The van der Waals surface area contributed by atoms with Crippen molar-refractivity contribution in [3.05, 3.63) is 35.5 Å². The molecule has 11 atom stereocenters. The van der Waals surface area contributed by atoms with Gasteiger partial charge in [0.25, 0.3) is 0 Å². The van der Waals surface area contributed by atoms with E-state index in [2.05, 4.69) is 46.4 Å². The largest absolute Gasteiger partial charge is 0.393 e. The zero-order chi connectivity index (χ0) is 31.4. The second-order valence-electron chi connectivity index (χ2n) is 18.2. The Kier molecular flexibility index (Phi) is 7.34. The number of hydrogen-bond donors (Lipinski definition) is 1. The topological polar surface area (TPSA) is 55.8 Å². The molecule has 45 heavy (non-hydrogen) atoms. The van der Waals surface area contributed by atoms with Crippen molar-refractivity contribution < 1.29 is 19.4 Å². The summed E-state index contributed by atoms with van der Waals surface area (Å²) in [4.78, 5) is 12.0. The van der Waals surface area contributed by atoms with Gasteiger partial charge < -0.3 is 14.6 Å². The highest BCUT2D eigenvalue weighted by Gasteiger charge is 2.65. The number of rotatable bonds is 0. The summed E-state index contributed by atoms with van der Waals surface area (Å²) >= 11 is 0. The van der Waals surface area contributed by atoms with Crippen LogP contribution in [0.1, 0.15) is 130 Å². The second kappa shape index (κ2) is 10.6. The lowest BCUT2D eigenvalue weighted by molar-refractivity contribution is -0.228. The maximum atomic E-state index is 12.0. The zero-order valence-corrected chi connectivity index (χ0v) is 28.8. The number of aliphatic hydroxyl groups is 1. The number of allylic oxidation sites excluding steroid dienone is 5. The average Bonchev–Trinajstić information content (AvgIpc) is 3.71. The summed E-state index contributed by atoms with van der Waals surface area (Å²) in [5.74, 6) is 4.49. The van der Waals surface area contributed by atoms with Gasteiger partial charge in [-0.1, -0.05) is 63.1 Å². The van der Waals surface area contributed by atoms with E-state index in [0.717, 1.165) is 75.9 Å². The summed E-state index contributed by atoms with van der Waals surface area (Å²) in [6, 6.07) is 0. The monoisotopic (exact) mass is 616 g/mol. The van der Waals surface area contributed by atoms with E-state index in [0.29, 0.717) is 34.4 Å². The molecule has 0 aromatic rings. The van der Waals surface area contributed by atoms with Gasteiger partial charge in [0, 0.05) is 24.7 Å². The summed E-state index contributed by atoms with van der Waals surface area (Å²) in [7, 11) is 0. The maximum Gasteiger partial charge on any atom is 0.174 e. The highest BCUT2D eigenvalue weighted by molar-refractivity contribution is 5.80. The molecule has 7 fully saturated rings. The van der Waals surface area contributed by atoms with E-state index in [1.807, 2.05) is 0 Å². The van der Waals surface area contributed by atoms with Crippen molar-refractivity contribution in [2.24, 2.45) is 57.2 Å². The fraction of sp³-hybridized carbons (Fsp3) is 0.829. The number of carbonyl (C=O) groups is 1. The van der Waals surface area contributed by atoms with E-state index in [-0.39, 0.29) is 22.7 Å². The molecule has 1 saturated heterocycles. The first-order chi connectivity index (χ1) is 21.4. The SMILES string of the molecule is C=C1CC[C@H]2[C@@H]3CC[C@@H]4C[C@H](O)CC[C@]4(C)C3=CC[C@]12C.C[C@]12CC=C3[C@@H](CC[C@@H]4CC(=O)CC[C@]34C)[C@@H]1CCC21OCCO1. The van der Waals surface area contributed by atoms with E-state index in [1.165, 1.54) is 63.4 Å². The molecule has 1 spiro atoms. The lowest BCUT2D eigenvalue weighted by Gasteiger charge is -2.56. The van der Waals surface area contributed by atoms with Crippen LogP contribution < -0.4 is 0 Å². The Bertz CT molecular complexity index is 1300. The van der Waals surface area contributed by atoms with Gasteiger partial charge in [-0.05, 0) is 135 Å². The Morgan fingerprint density at radius 1 is 0.733 bits per heavy atom. The fourth-order valence-electron chi connectivity index (χ4n) is 13.6. The van der Waals surface area contributed by atoms with Gasteiger partial charge in [-0.2, -0.15) is 0 Å². The van der Waals surface area contributed by atoms with Gasteiger partial charge in [0.15, 0.2) is 5.79 Å². The molecule has 6 saturated carbocycles. The van der Waals surface area contributed by atoms with Crippen molar-refractivity contribution >= 4 is 5.78 Å². The lowest BCUT2D eigenvalue weighted by Crippen LogP contribution is -2.52. The van der Waals surface area contributed by atoms with Crippen LogP contribution in [0.3, 0.4) is 0 Å². The average molecular weight is 617 g/mol. The molecule has 0 unspecified atom stereocenters. The third-order valence-corrected chi connectivity index (χ3v) is 16.6. The van der Waals surface area contributed by atoms with Gasteiger partial charge in [0.05, 0.1) is 19.3 Å². The highest BCUT2D eigenvalue weighted by Crippen LogP contribution is 2.68. The Balaban J connectivity index is 0.000000135. The van der Waals surface area contributed by atoms with E-state index in [1.54, 1.807) is 11.1 Å². The minimum Gasteiger partial charge on any atom is -0.393 e. The molecule has 1 aliphatic heterocycles. The molecule has 0 amide bonds. The first-order valence-electron chi connectivity index (χ1n) is 19.0. The number of ketones is 1. The van der Waals surface area contributed by atoms with Crippen LogP contribution in [-0.4, -0.2) is 36.0 Å². The normalized spacial score (nSPS) is 51.0. The Labute approximate surface area is 272 Å². The molecule has 4 nitrogen and oxygen atoms in total. The highest BCUT2D eigenvalue weighted by atomic mass is 16.7. The van der Waals surface area contributed by atoms with Gasteiger partial charge in [-0.25, -0.2) is 0 Å². The third kappa shape index (κ3) is 4.35. The quantitative estimate of drug-likeness (QED) is 0.276. The molecular formula is C41H60O4. The zero-order valence-electron chi connectivity index (χ0n) is 28.8. The number of fused-ring (bicyclic) bond motifs is 11. The van der Waals surface area contributed by atoms with E-state index < -0.39 is 0 Å². The Morgan fingerprint density at radius 2 is 1.40 bits per heavy atom. The Morgan fingerprint density at radius 3 is 2.16 bits per heavy atom. The van der Waals surface area contributed by atoms with Crippen molar-refractivity contribution in [2.75, 3.05) is 13.2 Å². The third-order valence-electron chi connectivity index (χ3n) is 16.6. The van der Waals surface area contributed by atoms with Crippen LogP contribution in [0.4, 0.5) is 0 Å². The smallest absolute Gasteiger partial charge is 0.174 e. The predicted molar refractivity (Wildman–Crippen MR) is 178 cm³/mol. The summed E-state index contributed by atoms with van der Waals surface area (Å²) in [6.45, 7) is 15.8. The number of carbonyl (C=O) groups excluding carboxylic acids is 1. The molecule has 248 valence electrons. The van der Waals surface area contributed by atoms with Crippen molar-refractivity contribution in [1.82, 2.24) is 0 Å². The second-order valence-corrected chi connectivity index (χ2v) is 18.2. The van der Waals surface area contributed by atoms with Crippen LogP contribution in [0.2, 0.25) is 0 Å². The molecule has 0 radical (unpaired) electrons. The van der Waals surface area contributed by atoms with E-state index >= 15 is 0 Å². The minimum atomic E-state index is -0.319. The molecule has 8 aliphatic carbocycles. The van der Waals surface area contributed by atoms with Crippen LogP contribution in [0.15, 0.2) is 35.5 Å². The minimum absolute atomic E-state index is 0.0414. The number of hydrogen-bond acceptors (Lipinski definition) is 4. The Hall–Kier alpha value is -1.23. The lowest BCUT2D eigenvalue weighted by atomic mass is 9.49. The molecule has 4 heteroatoms. The van der Waals surface area contributed by atoms with Crippen LogP contribution in [0.25, 0.3) is 0 Å². The van der Waals surface area contributed by atoms with Gasteiger partial charge in [-0.3, -0.25) is 4.79 Å². The first kappa shape index (κ1) is 31.1. The summed E-state index contributed by atoms with van der Waals surface area (Å²) in [5.41, 5.74) is 6.15. The molecule has 9 aliphatic rings. The summed E-state index contributed by atoms with van der Waals surface area (Å²) in [5, 5.41) is 10.1. The van der Waals surface area contributed by atoms with Gasteiger partial charge in [-0.15, -0.1) is 0 Å². The van der Waals surface area contributed by atoms with Crippen molar-refractivity contribution in [1.29, 1.82) is 0 Å². The van der Waals surface area contributed by atoms with Crippen LogP contribution in [0, 0.1) is 57.2 Å². The maximum absolute atomic E-state index is 12.0. The van der Waals surface area contributed by atoms with Gasteiger partial charge in [0.1, 0.15) is 5.78 Å². The van der Waals surface area contributed by atoms with Gasteiger partial charge in [0.2, 0.25) is 0 Å². The molecule has 1 heterocycles. The molecular weight excluding hydrogens is 556 g/mol. The number of ether oxygens (including phenoxy) is 2. The van der Waals surface area contributed by atoms with Crippen molar-refractivity contribution in [3.63, 3.8) is 0 Å². The van der Waals surface area contributed by atoms with E-state index in [9.17, 15) is 9.90 Å². The fourth-order valence-corrected chi connectivity index (χ4v) is 13.6. The molecule has 0 aromatic carbocycles. The van der Waals surface area contributed by atoms with Crippen LogP contribution in [-0.2, 0) is 14.3 Å². The number of aliphatic hydroxyl groups excluding tert-OH is 1. The summed E-state index contributed by atoms with van der Waals surface area (Å²) < 4.78 is 12.4. The standard InChI is InChI=1S/C21H30O3.C20H30O/c1-19-8-5-15(22)13-14(19)3-4-16-17(19)6-9-20(2)18(16)7-10-21(20)23-11-12-24-21;1-13-4-7-17-16-6-5-14-12-15(21)8-10-20(14,3)18(16)9-11-19(13,17)2/h6,14,16,18H,3-5,7-13H2,1-2H3;9,14-17,21H,1,4-8,10-12H2,2-3H3/t14-,16-,18+,19+,20+;14-,15-,16+,17+,19-,20+/m11/s1. The molecule has 1 N–H and O–H groups in total. The van der Waals surface area contributed by atoms with Crippen molar-refractivity contribution in [2.45, 2.75) is 142 Å². The van der Waals surface area contributed by atoms with Crippen LogP contribution >= 0.6 is 0 Å². The van der Waals surface area contributed by atoms with Gasteiger partial charge >= 0.3 is 0 Å². The first-order valence-corrected chi connectivity index (χ1v) is 19.0. The summed E-state index contributed by atoms with van der Waals surface area (Å²) in [6.07, 6.45) is 23.4. The molecule has 9 rings (SSSR count). The van der Waals surface area contributed by atoms with Crippen LogP contribution in [0.5, 0.6) is 0 Å². The van der Waals surface area contributed by atoms with Crippen molar-refractivity contribution in [3.8, 4) is 0 Å². The molecule has 0 bridgehead atoms. The molecule has 0 aromatic heterocycles. The number of Topliss-reactive ketones (excluding diaryl/α,β-unsaturated/α-hetero) is 1.